The van der Waals surface area contributed by atoms with Gasteiger partial charge in [-0.15, -0.1) is 11.3 Å². The third-order valence-electron chi connectivity index (χ3n) is 6.30. The van der Waals surface area contributed by atoms with Gasteiger partial charge in [0.15, 0.2) is 0 Å². The number of nitrogens with zero attached hydrogens (tertiary/aromatic N) is 3. The van der Waals surface area contributed by atoms with Crippen LogP contribution in [0.2, 0.25) is 0 Å². The number of imide groups is 1. The Morgan fingerprint density at radius 2 is 2.12 bits per heavy atom. The fraction of sp³-hybridized carbons (Fsp3) is 0.333. The number of rotatable bonds is 6. The van der Waals surface area contributed by atoms with Crippen LogP contribution in [-0.4, -0.2) is 40.7 Å². The van der Waals surface area contributed by atoms with Gasteiger partial charge in [-0.05, 0) is 54.3 Å². The molecule has 33 heavy (non-hydrogen) atoms. The normalized spacial score (nSPS) is 19.0. The van der Waals surface area contributed by atoms with Crippen molar-refractivity contribution in [2.75, 3.05) is 18.0 Å². The first-order chi connectivity index (χ1) is 16.0. The molecular formula is C24H24N4O3S2. The van der Waals surface area contributed by atoms with Crippen molar-refractivity contribution in [2.45, 2.75) is 32.4 Å². The molecule has 3 amide bonds. The fourth-order valence-electron chi connectivity index (χ4n) is 4.59. The topological polar surface area (TPSA) is 82.6 Å². The Kier molecular flexibility index (Phi) is 5.99. The number of benzene rings is 1. The molecule has 1 saturated heterocycles. The molecule has 2 aliphatic heterocycles. The SMILES string of the molecule is CC(c1nccs1)N1C(=O)c2cccc(N3CCCC(C(=O)NCc4ccsc4)C3)c2C1=O. The molecule has 4 heterocycles. The van der Waals surface area contributed by atoms with Gasteiger partial charge in [0.1, 0.15) is 5.01 Å². The number of amides is 3. The molecule has 0 saturated carbocycles. The van der Waals surface area contributed by atoms with Crippen LogP contribution in [0.4, 0.5) is 5.69 Å². The molecule has 0 aliphatic carbocycles. The molecule has 0 spiro atoms. The predicted octanol–water partition coefficient (Wildman–Crippen LogP) is 4.09. The Balaban J connectivity index is 1.35. The van der Waals surface area contributed by atoms with Gasteiger partial charge in [0.2, 0.25) is 5.91 Å². The lowest BCUT2D eigenvalue weighted by Crippen LogP contribution is -2.43. The molecule has 2 aliphatic rings. The minimum Gasteiger partial charge on any atom is -0.370 e. The Morgan fingerprint density at radius 1 is 1.24 bits per heavy atom. The zero-order valence-electron chi connectivity index (χ0n) is 18.2. The highest BCUT2D eigenvalue weighted by Gasteiger charge is 2.42. The van der Waals surface area contributed by atoms with Crippen LogP contribution in [0.25, 0.3) is 0 Å². The molecule has 2 aromatic heterocycles. The van der Waals surface area contributed by atoms with Crippen molar-refractivity contribution in [2.24, 2.45) is 5.92 Å². The molecule has 3 aromatic rings. The molecule has 1 N–H and O–H groups in total. The zero-order chi connectivity index (χ0) is 22.9. The predicted molar refractivity (Wildman–Crippen MR) is 129 cm³/mol. The van der Waals surface area contributed by atoms with Crippen LogP contribution in [0.1, 0.15) is 57.1 Å². The second-order valence-electron chi connectivity index (χ2n) is 8.36. The van der Waals surface area contributed by atoms with Gasteiger partial charge >= 0.3 is 0 Å². The van der Waals surface area contributed by atoms with E-state index in [4.69, 9.17) is 0 Å². The molecule has 9 heteroatoms. The van der Waals surface area contributed by atoms with E-state index in [9.17, 15) is 14.4 Å². The molecule has 1 aromatic carbocycles. The van der Waals surface area contributed by atoms with Crippen LogP contribution in [0.15, 0.2) is 46.6 Å². The summed E-state index contributed by atoms with van der Waals surface area (Å²) in [5.74, 6) is -0.718. The number of hydrogen-bond acceptors (Lipinski definition) is 7. The number of aromatic nitrogens is 1. The number of hydrogen-bond donors (Lipinski definition) is 1. The molecule has 0 bridgehead atoms. The van der Waals surface area contributed by atoms with Crippen molar-refractivity contribution in [3.63, 3.8) is 0 Å². The fourth-order valence-corrected chi connectivity index (χ4v) is 5.94. The van der Waals surface area contributed by atoms with E-state index in [-0.39, 0.29) is 23.6 Å². The number of anilines is 1. The number of nitrogens with one attached hydrogen (secondary N) is 1. The molecule has 1 fully saturated rings. The number of piperidine rings is 1. The van der Waals surface area contributed by atoms with Gasteiger partial charge in [-0.1, -0.05) is 6.07 Å². The van der Waals surface area contributed by atoms with E-state index in [1.807, 2.05) is 41.3 Å². The number of carbonyl (C=O) groups excluding carboxylic acids is 3. The average molecular weight is 481 g/mol. The van der Waals surface area contributed by atoms with Crippen molar-refractivity contribution < 1.29 is 14.4 Å². The molecule has 170 valence electrons. The zero-order valence-corrected chi connectivity index (χ0v) is 19.8. The van der Waals surface area contributed by atoms with Gasteiger partial charge in [0.05, 0.1) is 28.8 Å². The Hall–Kier alpha value is -3.04. The maximum Gasteiger partial charge on any atom is 0.264 e. The molecule has 5 rings (SSSR count). The van der Waals surface area contributed by atoms with Crippen LogP contribution in [0.3, 0.4) is 0 Å². The third-order valence-corrected chi connectivity index (χ3v) is 7.98. The standard InChI is InChI=1S/C24H24N4O3S2/c1-15(22-25-8-11-33-22)28-23(30)18-5-2-6-19(20(18)24(28)31)27-9-3-4-17(13-27)21(29)26-12-16-7-10-32-14-16/h2,5-8,10-11,14-15,17H,3-4,9,12-13H2,1H3,(H,26,29). The summed E-state index contributed by atoms with van der Waals surface area (Å²) in [5.41, 5.74) is 2.69. The summed E-state index contributed by atoms with van der Waals surface area (Å²) < 4.78 is 0. The third kappa shape index (κ3) is 4.06. The highest BCUT2D eigenvalue weighted by Crippen LogP contribution is 2.38. The van der Waals surface area contributed by atoms with E-state index in [0.717, 1.165) is 35.6 Å². The Bertz CT molecular complexity index is 1180. The molecule has 2 atom stereocenters. The van der Waals surface area contributed by atoms with Gasteiger partial charge in [-0.2, -0.15) is 11.3 Å². The van der Waals surface area contributed by atoms with Gasteiger partial charge in [-0.25, -0.2) is 4.98 Å². The summed E-state index contributed by atoms with van der Waals surface area (Å²) >= 11 is 3.04. The first kappa shape index (κ1) is 21.8. The molecule has 0 radical (unpaired) electrons. The second kappa shape index (κ2) is 9.07. The summed E-state index contributed by atoms with van der Waals surface area (Å²) in [6.07, 6.45) is 3.33. The molecular weight excluding hydrogens is 456 g/mol. The number of carbonyl (C=O) groups is 3. The van der Waals surface area contributed by atoms with Crippen LogP contribution in [0, 0.1) is 5.92 Å². The maximum atomic E-state index is 13.4. The summed E-state index contributed by atoms with van der Waals surface area (Å²) in [5, 5.41) is 9.63. The largest absolute Gasteiger partial charge is 0.370 e. The monoisotopic (exact) mass is 480 g/mol. The summed E-state index contributed by atoms with van der Waals surface area (Å²) in [7, 11) is 0. The average Bonchev–Trinajstić information content (AvgIpc) is 3.60. The Labute approximate surface area is 200 Å². The van der Waals surface area contributed by atoms with E-state index >= 15 is 0 Å². The maximum absolute atomic E-state index is 13.4. The minimum atomic E-state index is -0.428. The van der Waals surface area contributed by atoms with Crippen LogP contribution < -0.4 is 10.2 Å². The lowest BCUT2D eigenvalue weighted by molar-refractivity contribution is -0.125. The molecule has 7 nitrogen and oxygen atoms in total. The summed E-state index contributed by atoms with van der Waals surface area (Å²) in [6, 6.07) is 6.99. The smallest absolute Gasteiger partial charge is 0.264 e. The number of fused-ring (bicyclic) bond motifs is 1. The minimum absolute atomic E-state index is 0.0277. The molecule has 2 unspecified atom stereocenters. The van der Waals surface area contributed by atoms with Crippen molar-refractivity contribution in [1.29, 1.82) is 0 Å². The summed E-state index contributed by atoms with van der Waals surface area (Å²) in [4.78, 5) is 47.1. The van der Waals surface area contributed by atoms with Crippen LogP contribution >= 0.6 is 22.7 Å². The van der Waals surface area contributed by atoms with Crippen LogP contribution in [0.5, 0.6) is 0 Å². The van der Waals surface area contributed by atoms with E-state index in [2.05, 4.69) is 15.2 Å². The van der Waals surface area contributed by atoms with E-state index in [1.54, 1.807) is 23.6 Å². The first-order valence-electron chi connectivity index (χ1n) is 11.0. The van der Waals surface area contributed by atoms with E-state index < -0.39 is 6.04 Å². The van der Waals surface area contributed by atoms with E-state index in [1.165, 1.54) is 16.2 Å². The van der Waals surface area contributed by atoms with Crippen LogP contribution in [-0.2, 0) is 11.3 Å². The van der Waals surface area contributed by atoms with Gasteiger partial charge < -0.3 is 10.2 Å². The number of thiazole rings is 1. The Morgan fingerprint density at radius 3 is 2.88 bits per heavy atom. The van der Waals surface area contributed by atoms with E-state index in [0.29, 0.717) is 24.2 Å². The van der Waals surface area contributed by atoms with Crippen molar-refractivity contribution >= 4 is 46.1 Å². The highest BCUT2D eigenvalue weighted by molar-refractivity contribution is 7.09. The van der Waals surface area contributed by atoms with Crippen molar-refractivity contribution in [3.05, 3.63) is 68.3 Å². The quantitative estimate of drug-likeness (QED) is 0.537. The highest BCUT2D eigenvalue weighted by atomic mass is 32.1. The lowest BCUT2D eigenvalue weighted by Gasteiger charge is -2.34. The van der Waals surface area contributed by atoms with Gasteiger partial charge in [0.25, 0.3) is 11.8 Å². The van der Waals surface area contributed by atoms with Crippen molar-refractivity contribution in [3.8, 4) is 0 Å². The lowest BCUT2D eigenvalue weighted by atomic mass is 9.95. The number of thiophene rings is 1. The second-order valence-corrected chi connectivity index (χ2v) is 10.1. The van der Waals surface area contributed by atoms with Gasteiger partial charge in [-0.3, -0.25) is 19.3 Å². The summed E-state index contributed by atoms with van der Waals surface area (Å²) in [6.45, 7) is 3.62. The van der Waals surface area contributed by atoms with Gasteiger partial charge in [0, 0.05) is 31.2 Å². The van der Waals surface area contributed by atoms with Crippen molar-refractivity contribution in [1.82, 2.24) is 15.2 Å². The first-order valence-corrected chi connectivity index (χ1v) is 12.8.